The summed E-state index contributed by atoms with van der Waals surface area (Å²) in [5.74, 6) is 0.436. The summed E-state index contributed by atoms with van der Waals surface area (Å²) < 4.78 is 0. The van der Waals surface area contributed by atoms with Gasteiger partial charge in [0.25, 0.3) is 0 Å². The van der Waals surface area contributed by atoms with E-state index in [1.54, 1.807) is 6.08 Å². The van der Waals surface area contributed by atoms with Crippen molar-refractivity contribution >= 4 is 17.7 Å². The molecule has 0 spiro atoms. The average Bonchev–Trinajstić information content (AvgIpc) is 2.54. The van der Waals surface area contributed by atoms with Gasteiger partial charge in [0.05, 0.1) is 0 Å². The van der Waals surface area contributed by atoms with Crippen molar-refractivity contribution in [1.29, 1.82) is 0 Å². The van der Waals surface area contributed by atoms with E-state index in [9.17, 15) is 4.79 Å². The van der Waals surface area contributed by atoms with E-state index >= 15 is 0 Å². The number of nitrogens with one attached hydrogen (secondary N) is 1. The fourth-order valence-corrected chi connectivity index (χ4v) is 2.49. The molecule has 0 aliphatic heterocycles. The average molecular weight is 307 g/mol. The lowest BCUT2D eigenvalue weighted by atomic mass is 9.99. The van der Waals surface area contributed by atoms with E-state index in [1.165, 1.54) is 16.7 Å². The van der Waals surface area contributed by atoms with Crippen LogP contribution in [0, 0.1) is 13.8 Å². The summed E-state index contributed by atoms with van der Waals surface area (Å²) in [6.07, 6.45) is 4.56. The molecule has 0 aliphatic rings. The SMILES string of the molecule is CC[C@H](C)c1ccc(NC(=O)/C=C/c2ccc(C)cc2C)cc1. The third-order valence-corrected chi connectivity index (χ3v) is 4.20. The van der Waals surface area contributed by atoms with E-state index in [0.29, 0.717) is 5.92 Å². The van der Waals surface area contributed by atoms with E-state index < -0.39 is 0 Å². The maximum absolute atomic E-state index is 12.0. The Hall–Kier alpha value is -2.35. The maximum atomic E-state index is 12.0. The fraction of sp³-hybridized carbons (Fsp3) is 0.286. The lowest BCUT2D eigenvalue weighted by Gasteiger charge is -2.10. The monoisotopic (exact) mass is 307 g/mol. The van der Waals surface area contributed by atoms with Gasteiger partial charge in [-0.15, -0.1) is 0 Å². The van der Waals surface area contributed by atoms with Crippen LogP contribution in [-0.4, -0.2) is 5.91 Å². The van der Waals surface area contributed by atoms with E-state index in [0.717, 1.165) is 17.7 Å². The van der Waals surface area contributed by atoms with Crippen molar-refractivity contribution in [3.05, 3.63) is 70.8 Å². The van der Waals surface area contributed by atoms with Crippen LogP contribution in [0.3, 0.4) is 0 Å². The number of rotatable bonds is 5. The smallest absolute Gasteiger partial charge is 0.248 e. The van der Waals surface area contributed by atoms with Gasteiger partial charge >= 0.3 is 0 Å². The minimum Gasteiger partial charge on any atom is -0.323 e. The van der Waals surface area contributed by atoms with Crippen molar-refractivity contribution < 1.29 is 4.79 Å². The summed E-state index contributed by atoms with van der Waals surface area (Å²) in [7, 11) is 0. The van der Waals surface area contributed by atoms with Crippen LogP contribution in [0.1, 0.15) is 48.4 Å². The fourth-order valence-electron chi connectivity index (χ4n) is 2.49. The predicted molar refractivity (Wildman–Crippen MR) is 98.7 cm³/mol. The molecule has 0 bridgehead atoms. The summed E-state index contributed by atoms with van der Waals surface area (Å²) in [5.41, 5.74) is 5.60. The Kier molecular flexibility index (Phi) is 5.75. The van der Waals surface area contributed by atoms with Gasteiger partial charge in [-0.05, 0) is 61.1 Å². The van der Waals surface area contributed by atoms with Gasteiger partial charge in [-0.25, -0.2) is 0 Å². The third kappa shape index (κ3) is 4.82. The van der Waals surface area contributed by atoms with Crippen molar-refractivity contribution in [1.82, 2.24) is 0 Å². The molecule has 0 saturated carbocycles. The van der Waals surface area contributed by atoms with Crippen molar-refractivity contribution in [3.63, 3.8) is 0 Å². The standard InChI is InChI=1S/C21H25NO/c1-5-16(3)18-8-11-20(12-9-18)22-21(23)13-10-19-7-6-15(2)14-17(19)4/h6-14,16H,5H2,1-4H3,(H,22,23)/b13-10+/t16-/m0/s1. The van der Waals surface area contributed by atoms with Gasteiger partial charge in [0.2, 0.25) is 5.91 Å². The van der Waals surface area contributed by atoms with E-state index in [1.807, 2.05) is 24.3 Å². The van der Waals surface area contributed by atoms with Crippen LogP contribution in [-0.2, 0) is 4.79 Å². The van der Waals surface area contributed by atoms with Gasteiger partial charge in [-0.3, -0.25) is 4.79 Å². The molecule has 0 fully saturated rings. The van der Waals surface area contributed by atoms with Gasteiger partial charge in [-0.2, -0.15) is 0 Å². The van der Waals surface area contributed by atoms with Crippen LogP contribution in [0.5, 0.6) is 0 Å². The summed E-state index contributed by atoms with van der Waals surface area (Å²) >= 11 is 0. The highest BCUT2D eigenvalue weighted by Crippen LogP contribution is 2.20. The predicted octanol–water partition coefficient (Wildman–Crippen LogP) is 5.47. The Bertz CT molecular complexity index is 698. The van der Waals surface area contributed by atoms with Crippen molar-refractivity contribution in [2.24, 2.45) is 0 Å². The zero-order valence-corrected chi connectivity index (χ0v) is 14.4. The molecule has 23 heavy (non-hydrogen) atoms. The Morgan fingerprint density at radius 2 is 1.83 bits per heavy atom. The van der Waals surface area contributed by atoms with Gasteiger partial charge in [0, 0.05) is 11.8 Å². The van der Waals surface area contributed by atoms with Gasteiger partial charge in [-0.1, -0.05) is 49.7 Å². The Balaban J connectivity index is 2.00. The van der Waals surface area contributed by atoms with Gasteiger partial charge in [0.15, 0.2) is 0 Å². The van der Waals surface area contributed by atoms with Gasteiger partial charge < -0.3 is 5.32 Å². The normalized spacial score (nSPS) is 12.3. The highest BCUT2D eigenvalue weighted by Gasteiger charge is 2.03. The number of benzene rings is 2. The number of carbonyl (C=O) groups is 1. The maximum Gasteiger partial charge on any atom is 0.248 e. The first kappa shape index (κ1) is 17.0. The van der Waals surface area contributed by atoms with Crippen LogP contribution < -0.4 is 5.32 Å². The second kappa shape index (κ2) is 7.77. The first-order valence-corrected chi connectivity index (χ1v) is 8.16. The minimum atomic E-state index is -0.110. The highest BCUT2D eigenvalue weighted by atomic mass is 16.1. The molecule has 0 heterocycles. The topological polar surface area (TPSA) is 29.1 Å². The Morgan fingerprint density at radius 3 is 2.43 bits per heavy atom. The first-order chi connectivity index (χ1) is 11.0. The molecule has 0 aliphatic carbocycles. The Morgan fingerprint density at radius 1 is 1.13 bits per heavy atom. The number of aryl methyl sites for hydroxylation is 2. The molecule has 1 amide bonds. The van der Waals surface area contributed by atoms with Crippen molar-refractivity contribution in [2.75, 3.05) is 5.32 Å². The molecule has 1 N–H and O–H groups in total. The van der Waals surface area contributed by atoms with E-state index in [4.69, 9.17) is 0 Å². The molecule has 2 aromatic carbocycles. The molecule has 0 saturated heterocycles. The molecular weight excluding hydrogens is 282 g/mol. The van der Waals surface area contributed by atoms with Crippen LogP contribution in [0.2, 0.25) is 0 Å². The van der Waals surface area contributed by atoms with Crippen molar-refractivity contribution in [3.8, 4) is 0 Å². The van der Waals surface area contributed by atoms with Crippen LogP contribution in [0.25, 0.3) is 6.08 Å². The summed E-state index contributed by atoms with van der Waals surface area (Å²) in [5, 5.41) is 2.90. The quantitative estimate of drug-likeness (QED) is 0.729. The Labute approximate surface area is 139 Å². The molecule has 2 rings (SSSR count). The first-order valence-electron chi connectivity index (χ1n) is 8.16. The highest BCUT2D eigenvalue weighted by molar-refractivity contribution is 6.02. The molecule has 2 aromatic rings. The second-order valence-corrected chi connectivity index (χ2v) is 6.11. The zero-order chi connectivity index (χ0) is 16.8. The summed E-state index contributed by atoms with van der Waals surface area (Å²) in [6.45, 7) is 8.51. The second-order valence-electron chi connectivity index (χ2n) is 6.11. The molecule has 2 nitrogen and oxygen atoms in total. The molecule has 2 heteroatoms. The zero-order valence-electron chi connectivity index (χ0n) is 14.4. The number of amides is 1. The lowest BCUT2D eigenvalue weighted by Crippen LogP contribution is -2.07. The molecule has 0 radical (unpaired) electrons. The molecule has 0 unspecified atom stereocenters. The number of carbonyl (C=O) groups excluding carboxylic acids is 1. The van der Waals surface area contributed by atoms with Crippen LogP contribution >= 0.6 is 0 Å². The lowest BCUT2D eigenvalue weighted by molar-refractivity contribution is -0.111. The summed E-state index contributed by atoms with van der Waals surface area (Å²) in [4.78, 5) is 12.0. The van der Waals surface area contributed by atoms with Crippen molar-refractivity contribution in [2.45, 2.75) is 40.0 Å². The number of anilines is 1. The number of hydrogen-bond donors (Lipinski definition) is 1. The minimum absolute atomic E-state index is 0.110. The molecule has 120 valence electrons. The molecule has 0 aromatic heterocycles. The number of hydrogen-bond acceptors (Lipinski definition) is 1. The van der Waals surface area contributed by atoms with E-state index in [2.05, 4.69) is 57.3 Å². The van der Waals surface area contributed by atoms with Gasteiger partial charge in [0.1, 0.15) is 0 Å². The third-order valence-electron chi connectivity index (χ3n) is 4.20. The molecule has 1 atom stereocenters. The largest absolute Gasteiger partial charge is 0.323 e. The van der Waals surface area contributed by atoms with E-state index in [-0.39, 0.29) is 5.91 Å². The summed E-state index contributed by atoms with van der Waals surface area (Å²) in [6, 6.07) is 14.3. The molecular formula is C21H25NO. The van der Waals surface area contributed by atoms with Crippen LogP contribution in [0.15, 0.2) is 48.5 Å². The van der Waals surface area contributed by atoms with Crippen LogP contribution in [0.4, 0.5) is 5.69 Å².